The average molecular weight is 423 g/mol. The Morgan fingerprint density at radius 1 is 0.933 bits per heavy atom. The summed E-state index contributed by atoms with van der Waals surface area (Å²) in [6.45, 7) is 2.22. The molecule has 0 fully saturated rings. The molecule has 0 heterocycles. The molecule has 2 aromatic rings. The molecule has 0 N–H and O–H groups in total. The summed E-state index contributed by atoms with van der Waals surface area (Å²) >= 11 is 0. The topological polar surface area (TPSA) is 9.23 Å². The summed E-state index contributed by atoms with van der Waals surface area (Å²) in [5, 5.41) is 0. The van der Waals surface area contributed by atoms with Crippen molar-refractivity contribution >= 4 is 0 Å². The van der Waals surface area contributed by atoms with E-state index in [2.05, 4.69) is 35.9 Å². The monoisotopic (exact) mass is 422 g/mol. The lowest BCUT2D eigenvalue weighted by Gasteiger charge is -2.25. The van der Waals surface area contributed by atoms with Crippen molar-refractivity contribution in [3.63, 3.8) is 0 Å². The van der Waals surface area contributed by atoms with Gasteiger partial charge in [0.15, 0.2) is 11.6 Å². The van der Waals surface area contributed by atoms with Gasteiger partial charge in [0.1, 0.15) is 0 Å². The molecular weight excluding hydrogens is 392 g/mol. The zero-order valence-electron chi connectivity index (χ0n) is 17.5. The molecule has 5 heteroatoms. The number of unbranched alkanes of at least 4 members (excludes halogenated alkanes) is 3. The number of hydrogen-bond donors (Lipinski definition) is 0. The largest absolute Gasteiger partial charge is 0.573 e. The van der Waals surface area contributed by atoms with Crippen molar-refractivity contribution in [2.24, 2.45) is 5.92 Å². The number of ether oxygens (including phenoxy) is 1. The molecule has 1 aliphatic rings. The van der Waals surface area contributed by atoms with E-state index < -0.39 is 17.9 Å². The zero-order chi connectivity index (χ0) is 21.6. The fourth-order valence-electron chi connectivity index (χ4n) is 4.28. The highest BCUT2D eigenvalue weighted by Crippen LogP contribution is 2.34. The van der Waals surface area contributed by atoms with Crippen LogP contribution in [0.15, 0.2) is 36.4 Å². The van der Waals surface area contributed by atoms with E-state index in [-0.39, 0.29) is 0 Å². The highest BCUT2D eigenvalue weighted by molar-refractivity contribution is 5.39. The standard InChI is InChI=1S/C25H30F4O/c1-2-3-4-5-6-18-7-9-19(10-8-18)11-12-20-13-14-21-17-24(30-25(27,28)29)23(26)16-22(21)15-20/h7-10,16-17,20H,2-6,11-15H2,1H3. The number of rotatable bonds is 9. The number of fused-ring (bicyclic) bond motifs is 1. The molecule has 1 atom stereocenters. The Morgan fingerprint density at radius 2 is 1.63 bits per heavy atom. The lowest BCUT2D eigenvalue weighted by Crippen LogP contribution is -2.20. The SMILES string of the molecule is CCCCCCc1ccc(CCC2CCc3cc(OC(F)(F)F)c(F)cc3C2)cc1. The maximum atomic E-state index is 14.0. The predicted octanol–water partition coefficient (Wildman–Crippen LogP) is 7.58. The Hall–Kier alpha value is -2.04. The Bertz CT molecular complexity index is 811. The number of aryl methyl sites for hydroxylation is 3. The smallest absolute Gasteiger partial charge is 0.403 e. The highest BCUT2D eigenvalue weighted by atomic mass is 19.4. The Labute approximate surface area is 176 Å². The second-order valence-corrected chi connectivity index (χ2v) is 8.37. The van der Waals surface area contributed by atoms with Gasteiger partial charge in [-0.05, 0) is 85.3 Å². The molecule has 0 radical (unpaired) electrons. The van der Waals surface area contributed by atoms with Crippen LogP contribution in [0.1, 0.15) is 67.7 Å². The number of hydrogen-bond acceptors (Lipinski definition) is 1. The molecule has 0 amide bonds. The van der Waals surface area contributed by atoms with Crippen LogP contribution in [-0.4, -0.2) is 6.36 Å². The quantitative estimate of drug-likeness (QED) is 0.299. The molecule has 1 nitrogen and oxygen atoms in total. The van der Waals surface area contributed by atoms with Gasteiger partial charge in [0.05, 0.1) is 0 Å². The van der Waals surface area contributed by atoms with Crippen molar-refractivity contribution < 1.29 is 22.3 Å². The third-order valence-corrected chi connectivity index (χ3v) is 5.99. The summed E-state index contributed by atoms with van der Waals surface area (Å²) < 4.78 is 55.0. The minimum absolute atomic E-state index is 0.417. The van der Waals surface area contributed by atoms with Gasteiger partial charge in [-0.2, -0.15) is 0 Å². The van der Waals surface area contributed by atoms with E-state index in [0.29, 0.717) is 18.8 Å². The third kappa shape index (κ3) is 6.75. The van der Waals surface area contributed by atoms with Crippen molar-refractivity contribution in [3.8, 4) is 5.75 Å². The van der Waals surface area contributed by atoms with E-state index in [4.69, 9.17) is 0 Å². The van der Waals surface area contributed by atoms with Crippen LogP contribution in [0.5, 0.6) is 5.75 Å². The minimum Gasteiger partial charge on any atom is -0.403 e. The molecule has 0 saturated carbocycles. The molecule has 0 bridgehead atoms. The minimum atomic E-state index is -4.88. The Kier molecular flexibility index (Phi) is 7.79. The normalized spacial score (nSPS) is 16.4. The van der Waals surface area contributed by atoms with Gasteiger partial charge in [-0.1, -0.05) is 50.5 Å². The van der Waals surface area contributed by atoms with Gasteiger partial charge in [-0.3, -0.25) is 0 Å². The first-order valence-corrected chi connectivity index (χ1v) is 11.0. The fourth-order valence-corrected chi connectivity index (χ4v) is 4.28. The van der Waals surface area contributed by atoms with Crippen LogP contribution >= 0.6 is 0 Å². The van der Waals surface area contributed by atoms with Gasteiger partial charge < -0.3 is 4.74 Å². The maximum Gasteiger partial charge on any atom is 0.573 e. The van der Waals surface area contributed by atoms with E-state index in [9.17, 15) is 17.6 Å². The molecule has 3 rings (SSSR count). The van der Waals surface area contributed by atoms with Crippen molar-refractivity contribution in [3.05, 3.63) is 64.5 Å². The first-order valence-electron chi connectivity index (χ1n) is 11.0. The van der Waals surface area contributed by atoms with Gasteiger partial charge in [0.25, 0.3) is 0 Å². The molecule has 2 aromatic carbocycles. The summed E-state index contributed by atoms with van der Waals surface area (Å²) in [7, 11) is 0. The van der Waals surface area contributed by atoms with Crippen LogP contribution in [0.4, 0.5) is 17.6 Å². The summed E-state index contributed by atoms with van der Waals surface area (Å²) in [4.78, 5) is 0. The lowest BCUT2D eigenvalue weighted by molar-refractivity contribution is -0.275. The number of benzene rings is 2. The van der Waals surface area contributed by atoms with Crippen LogP contribution in [0.3, 0.4) is 0 Å². The van der Waals surface area contributed by atoms with E-state index in [0.717, 1.165) is 36.8 Å². The van der Waals surface area contributed by atoms with Gasteiger partial charge in [-0.15, -0.1) is 13.2 Å². The molecule has 164 valence electrons. The van der Waals surface area contributed by atoms with E-state index in [1.165, 1.54) is 48.9 Å². The predicted molar refractivity (Wildman–Crippen MR) is 111 cm³/mol. The lowest BCUT2D eigenvalue weighted by atomic mass is 9.81. The zero-order valence-corrected chi connectivity index (χ0v) is 17.5. The average Bonchev–Trinajstić information content (AvgIpc) is 2.70. The molecule has 0 saturated heterocycles. The highest BCUT2D eigenvalue weighted by Gasteiger charge is 2.33. The van der Waals surface area contributed by atoms with E-state index >= 15 is 0 Å². The van der Waals surface area contributed by atoms with Crippen molar-refractivity contribution in [2.45, 2.75) is 77.5 Å². The number of alkyl halides is 3. The second-order valence-electron chi connectivity index (χ2n) is 8.37. The summed E-state index contributed by atoms with van der Waals surface area (Å²) in [6, 6.07) is 11.3. The summed E-state index contributed by atoms with van der Waals surface area (Å²) in [5.41, 5.74) is 4.26. The van der Waals surface area contributed by atoms with Gasteiger partial charge >= 0.3 is 6.36 Å². The first kappa shape index (κ1) is 22.6. The van der Waals surface area contributed by atoms with E-state index in [1.54, 1.807) is 0 Å². The molecule has 0 aromatic heterocycles. The van der Waals surface area contributed by atoms with Gasteiger partial charge in [0.2, 0.25) is 0 Å². The summed E-state index contributed by atoms with van der Waals surface area (Å²) in [6.07, 6.45) is 5.54. The third-order valence-electron chi connectivity index (χ3n) is 5.99. The first-order chi connectivity index (χ1) is 14.3. The van der Waals surface area contributed by atoms with Gasteiger partial charge in [-0.25, -0.2) is 4.39 Å². The Morgan fingerprint density at radius 3 is 2.30 bits per heavy atom. The molecule has 1 aliphatic carbocycles. The Balaban J connectivity index is 1.51. The van der Waals surface area contributed by atoms with Gasteiger partial charge in [0, 0.05) is 0 Å². The maximum absolute atomic E-state index is 14.0. The summed E-state index contributed by atoms with van der Waals surface area (Å²) in [5.74, 6) is -1.25. The number of halogens is 4. The van der Waals surface area contributed by atoms with Crippen molar-refractivity contribution in [1.29, 1.82) is 0 Å². The van der Waals surface area contributed by atoms with Crippen LogP contribution in [-0.2, 0) is 25.7 Å². The molecule has 0 aliphatic heterocycles. The molecular formula is C25H30F4O. The molecule has 1 unspecified atom stereocenters. The van der Waals surface area contributed by atoms with Crippen molar-refractivity contribution in [1.82, 2.24) is 0 Å². The molecule has 0 spiro atoms. The van der Waals surface area contributed by atoms with Crippen LogP contribution in [0.2, 0.25) is 0 Å². The second kappa shape index (κ2) is 10.3. The van der Waals surface area contributed by atoms with Crippen LogP contribution in [0.25, 0.3) is 0 Å². The van der Waals surface area contributed by atoms with E-state index in [1.807, 2.05) is 0 Å². The molecule has 30 heavy (non-hydrogen) atoms. The fraction of sp³-hybridized carbons (Fsp3) is 0.520. The van der Waals surface area contributed by atoms with Crippen LogP contribution in [0, 0.1) is 11.7 Å². The van der Waals surface area contributed by atoms with Crippen molar-refractivity contribution in [2.75, 3.05) is 0 Å². The van der Waals surface area contributed by atoms with Crippen LogP contribution < -0.4 is 4.74 Å².